The van der Waals surface area contributed by atoms with E-state index in [1.54, 1.807) is 0 Å². The number of ether oxygens (including phenoxy) is 1. The lowest BCUT2D eigenvalue weighted by molar-refractivity contribution is -0.115. The van der Waals surface area contributed by atoms with Gasteiger partial charge in [0.15, 0.2) is 11.0 Å². The fourth-order valence-corrected chi connectivity index (χ4v) is 2.60. The van der Waals surface area contributed by atoms with Gasteiger partial charge in [0, 0.05) is 6.54 Å². The number of hydrogen-bond donors (Lipinski definition) is 1. The van der Waals surface area contributed by atoms with E-state index in [9.17, 15) is 4.79 Å². The highest BCUT2D eigenvalue weighted by Crippen LogP contribution is 2.18. The number of carbonyl (C=O) groups excluding carboxylic acids is 1. The first-order valence-corrected chi connectivity index (χ1v) is 7.61. The van der Waals surface area contributed by atoms with E-state index in [4.69, 9.17) is 10.5 Å². The summed E-state index contributed by atoms with van der Waals surface area (Å²) in [6.45, 7) is 5.05. The number of aromatic nitrogens is 3. The molecule has 1 amide bonds. The van der Waals surface area contributed by atoms with Crippen LogP contribution in [0.1, 0.15) is 18.3 Å². The maximum absolute atomic E-state index is 10.8. The first-order valence-electron chi connectivity index (χ1n) is 6.62. The lowest BCUT2D eigenvalue weighted by Crippen LogP contribution is -2.14. The second-order valence-electron chi connectivity index (χ2n) is 4.50. The van der Waals surface area contributed by atoms with Gasteiger partial charge in [-0.05, 0) is 31.5 Å². The molecule has 2 rings (SSSR count). The number of primary amides is 1. The smallest absolute Gasteiger partial charge is 0.227 e. The van der Waals surface area contributed by atoms with E-state index in [-0.39, 0.29) is 11.7 Å². The number of carbonyl (C=O) groups is 1. The Morgan fingerprint density at radius 1 is 1.43 bits per heavy atom. The van der Waals surface area contributed by atoms with Crippen molar-refractivity contribution in [2.45, 2.75) is 32.2 Å². The van der Waals surface area contributed by atoms with E-state index < -0.39 is 0 Å². The molecule has 0 bridgehead atoms. The molecule has 0 radical (unpaired) electrons. The third kappa shape index (κ3) is 4.22. The van der Waals surface area contributed by atoms with Crippen molar-refractivity contribution in [3.05, 3.63) is 35.7 Å². The van der Waals surface area contributed by atoms with E-state index in [1.807, 2.05) is 42.7 Å². The van der Waals surface area contributed by atoms with Crippen LogP contribution in [0.3, 0.4) is 0 Å². The molecule has 0 saturated heterocycles. The topological polar surface area (TPSA) is 83.0 Å². The molecule has 7 heteroatoms. The van der Waals surface area contributed by atoms with Gasteiger partial charge >= 0.3 is 0 Å². The van der Waals surface area contributed by atoms with Crippen LogP contribution in [0.25, 0.3) is 0 Å². The fraction of sp³-hybridized carbons (Fsp3) is 0.357. The number of nitrogens with zero attached hydrogens (tertiary/aromatic N) is 3. The van der Waals surface area contributed by atoms with Crippen LogP contribution < -0.4 is 10.5 Å². The van der Waals surface area contributed by atoms with Crippen LogP contribution in [0.5, 0.6) is 5.75 Å². The largest absolute Gasteiger partial charge is 0.486 e. The Balaban J connectivity index is 2.04. The Bertz CT molecular complexity index is 627. The van der Waals surface area contributed by atoms with Crippen LogP contribution in [0.4, 0.5) is 0 Å². The van der Waals surface area contributed by atoms with Crippen LogP contribution >= 0.6 is 11.8 Å². The maximum atomic E-state index is 10.8. The second kappa shape index (κ2) is 7.12. The van der Waals surface area contributed by atoms with Gasteiger partial charge in [0.25, 0.3) is 0 Å². The first-order chi connectivity index (χ1) is 10.1. The summed E-state index contributed by atoms with van der Waals surface area (Å²) in [5, 5.41) is 8.87. The molecule has 0 spiro atoms. The molecule has 1 heterocycles. The number of nitrogens with two attached hydrogens (primary N) is 1. The quantitative estimate of drug-likeness (QED) is 0.788. The minimum atomic E-state index is -0.372. The summed E-state index contributed by atoms with van der Waals surface area (Å²) in [5.74, 6) is 1.35. The Morgan fingerprint density at radius 2 is 2.24 bits per heavy atom. The summed E-state index contributed by atoms with van der Waals surface area (Å²) >= 11 is 1.28. The van der Waals surface area contributed by atoms with Gasteiger partial charge < -0.3 is 15.0 Å². The molecular formula is C14H18N4O2S. The van der Waals surface area contributed by atoms with Crippen LogP contribution in [-0.4, -0.2) is 26.4 Å². The first kappa shape index (κ1) is 15.4. The van der Waals surface area contributed by atoms with Gasteiger partial charge in [-0.1, -0.05) is 23.9 Å². The minimum absolute atomic E-state index is 0.191. The molecule has 0 aliphatic heterocycles. The summed E-state index contributed by atoms with van der Waals surface area (Å²) < 4.78 is 7.65. The summed E-state index contributed by atoms with van der Waals surface area (Å²) in [6, 6.07) is 7.83. The van der Waals surface area contributed by atoms with Gasteiger partial charge in [-0.3, -0.25) is 4.79 Å². The Labute approximate surface area is 127 Å². The number of aryl methyl sites for hydroxylation is 1. The van der Waals surface area contributed by atoms with Crippen molar-refractivity contribution < 1.29 is 9.53 Å². The van der Waals surface area contributed by atoms with Crippen molar-refractivity contribution in [2.75, 3.05) is 5.75 Å². The SMILES string of the molecule is CCn1c(COc2cccc(C)c2)nnc1SCC(N)=O. The van der Waals surface area contributed by atoms with Gasteiger partial charge in [0.1, 0.15) is 12.4 Å². The van der Waals surface area contributed by atoms with Crippen LogP contribution in [0.15, 0.2) is 29.4 Å². The number of rotatable bonds is 7. The van der Waals surface area contributed by atoms with Gasteiger partial charge in [-0.15, -0.1) is 10.2 Å². The van der Waals surface area contributed by atoms with E-state index >= 15 is 0 Å². The second-order valence-corrected chi connectivity index (χ2v) is 5.45. The molecule has 0 unspecified atom stereocenters. The third-order valence-electron chi connectivity index (χ3n) is 2.81. The van der Waals surface area contributed by atoms with Crippen molar-refractivity contribution in [3.8, 4) is 5.75 Å². The molecule has 1 aromatic carbocycles. The van der Waals surface area contributed by atoms with E-state index in [0.717, 1.165) is 17.1 Å². The maximum Gasteiger partial charge on any atom is 0.227 e. The highest BCUT2D eigenvalue weighted by molar-refractivity contribution is 7.99. The molecular weight excluding hydrogens is 288 g/mol. The molecule has 0 aliphatic carbocycles. The predicted molar refractivity (Wildman–Crippen MR) is 81.1 cm³/mol. The average Bonchev–Trinajstić information content (AvgIpc) is 2.85. The summed E-state index contributed by atoms with van der Waals surface area (Å²) in [5.41, 5.74) is 6.29. The number of hydrogen-bond acceptors (Lipinski definition) is 5. The standard InChI is InChI=1S/C14H18N4O2S/c1-3-18-13(16-17-14(18)21-9-12(15)19)8-20-11-6-4-5-10(2)7-11/h4-7H,3,8-9H2,1-2H3,(H2,15,19). The van der Waals surface area contributed by atoms with Crippen LogP contribution in [0.2, 0.25) is 0 Å². The highest BCUT2D eigenvalue weighted by atomic mass is 32.2. The molecule has 0 aliphatic rings. The summed E-state index contributed by atoms with van der Waals surface area (Å²) in [7, 11) is 0. The molecule has 0 atom stereocenters. The lowest BCUT2D eigenvalue weighted by atomic mass is 10.2. The van der Waals surface area contributed by atoms with Crippen molar-refractivity contribution >= 4 is 17.7 Å². The molecule has 112 valence electrons. The fourth-order valence-electron chi connectivity index (χ4n) is 1.84. The number of thioether (sulfide) groups is 1. The number of amides is 1. The zero-order chi connectivity index (χ0) is 15.2. The molecule has 1 aromatic heterocycles. The molecule has 0 saturated carbocycles. The van der Waals surface area contributed by atoms with Gasteiger partial charge in [0.2, 0.25) is 5.91 Å². The molecule has 6 nitrogen and oxygen atoms in total. The molecule has 2 N–H and O–H groups in total. The van der Waals surface area contributed by atoms with Gasteiger partial charge in [-0.2, -0.15) is 0 Å². The monoisotopic (exact) mass is 306 g/mol. The lowest BCUT2D eigenvalue weighted by Gasteiger charge is -2.08. The van der Waals surface area contributed by atoms with Gasteiger partial charge in [-0.25, -0.2) is 0 Å². The Kier molecular flexibility index (Phi) is 5.21. The average molecular weight is 306 g/mol. The van der Waals surface area contributed by atoms with E-state index in [1.165, 1.54) is 11.8 Å². The third-order valence-corrected chi connectivity index (χ3v) is 3.80. The zero-order valence-corrected chi connectivity index (χ0v) is 12.9. The summed E-state index contributed by atoms with van der Waals surface area (Å²) in [6.07, 6.45) is 0. The predicted octanol–water partition coefficient (Wildman–Crippen LogP) is 1.76. The van der Waals surface area contributed by atoms with E-state index in [0.29, 0.717) is 18.3 Å². The van der Waals surface area contributed by atoms with Crippen molar-refractivity contribution in [1.29, 1.82) is 0 Å². The molecule has 0 fully saturated rings. The normalized spacial score (nSPS) is 10.6. The summed E-state index contributed by atoms with van der Waals surface area (Å²) in [4.78, 5) is 10.8. The van der Waals surface area contributed by atoms with Gasteiger partial charge in [0.05, 0.1) is 5.75 Å². The Morgan fingerprint density at radius 3 is 2.90 bits per heavy atom. The van der Waals surface area contributed by atoms with Crippen LogP contribution in [0, 0.1) is 6.92 Å². The molecule has 21 heavy (non-hydrogen) atoms. The zero-order valence-electron chi connectivity index (χ0n) is 12.1. The van der Waals surface area contributed by atoms with Crippen molar-refractivity contribution in [2.24, 2.45) is 5.73 Å². The van der Waals surface area contributed by atoms with Crippen LogP contribution in [-0.2, 0) is 17.9 Å². The minimum Gasteiger partial charge on any atom is -0.486 e. The van der Waals surface area contributed by atoms with Crippen molar-refractivity contribution in [3.63, 3.8) is 0 Å². The van der Waals surface area contributed by atoms with E-state index in [2.05, 4.69) is 10.2 Å². The highest BCUT2D eigenvalue weighted by Gasteiger charge is 2.12. The van der Waals surface area contributed by atoms with Crippen molar-refractivity contribution in [1.82, 2.24) is 14.8 Å². The molecule has 2 aromatic rings. The number of benzene rings is 1. The Hall–Kier alpha value is -2.02.